The van der Waals surface area contributed by atoms with Crippen LogP contribution in [0.2, 0.25) is 0 Å². The summed E-state index contributed by atoms with van der Waals surface area (Å²) >= 11 is 0. The molecule has 0 aromatic heterocycles. The predicted octanol–water partition coefficient (Wildman–Crippen LogP) is 2.96. The van der Waals surface area contributed by atoms with Gasteiger partial charge in [-0.15, -0.1) is 24.0 Å². The molecule has 1 rings (SSSR count). The summed E-state index contributed by atoms with van der Waals surface area (Å²) in [5.74, 6) is 0.959. The fourth-order valence-electron chi connectivity index (χ4n) is 3.01. The molecule has 8 nitrogen and oxygen atoms in total. The van der Waals surface area contributed by atoms with Crippen molar-refractivity contribution in [1.82, 2.24) is 20.9 Å². The summed E-state index contributed by atoms with van der Waals surface area (Å²) in [5.41, 5.74) is -0.337. The van der Waals surface area contributed by atoms with Crippen LogP contribution < -0.4 is 16.0 Å². The Labute approximate surface area is 200 Å². The molecule has 9 heteroatoms. The number of rotatable bonds is 8. The lowest BCUT2D eigenvalue weighted by Gasteiger charge is -2.34. The van der Waals surface area contributed by atoms with Crippen molar-refractivity contribution in [2.45, 2.75) is 78.0 Å². The van der Waals surface area contributed by atoms with E-state index in [-0.39, 0.29) is 41.7 Å². The Kier molecular flexibility index (Phi) is 13.9. The van der Waals surface area contributed by atoms with E-state index in [0.29, 0.717) is 13.2 Å². The normalized spacial score (nSPS) is 16.1. The molecule has 30 heavy (non-hydrogen) atoms. The molecule has 1 aliphatic rings. The lowest BCUT2D eigenvalue weighted by atomic mass is 10.1. The topological polar surface area (TPSA) is 87.2 Å². The van der Waals surface area contributed by atoms with Gasteiger partial charge < -0.3 is 30.3 Å². The van der Waals surface area contributed by atoms with Crippen LogP contribution >= 0.6 is 24.0 Å². The van der Waals surface area contributed by atoms with Crippen LogP contribution in [-0.2, 0) is 9.47 Å². The number of aliphatic imine (C=N–C) groups is 1. The number of ether oxygens (including phenoxy) is 2. The Morgan fingerprint density at radius 1 is 1.03 bits per heavy atom. The van der Waals surface area contributed by atoms with Crippen LogP contribution in [0, 0.1) is 0 Å². The van der Waals surface area contributed by atoms with Crippen molar-refractivity contribution in [3.05, 3.63) is 0 Å². The molecule has 1 fully saturated rings. The number of carbonyl (C=O) groups is 1. The van der Waals surface area contributed by atoms with Gasteiger partial charge in [0.2, 0.25) is 0 Å². The fraction of sp³-hybridized carbons (Fsp3) is 0.905. The number of alkyl carbamates (subject to hydrolysis) is 1. The van der Waals surface area contributed by atoms with Crippen molar-refractivity contribution < 1.29 is 14.3 Å². The lowest BCUT2D eigenvalue weighted by molar-refractivity contribution is 0.0170. The highest BCUT2D eigenvalue weighted by molar-refractivity contribution is 14.0. The summed E-state index contributed by atoms with van der Waals surface area (Å²) in [7, 11) is 1.83. The SMILES string of the molecule is CN=C(NCCNC(C)(C)C)N1CCC(OCCCNC(=O)OC(C)(C)C)CC1.I. The number of hydrogen-bond acceptors (Lipinski definition) is 5. The van der Waals surface area contributed by atoms with Crippen LogP contribution in [0.1, 0.15) is 60.8 Å². The zero-order valence-corrected chi connectivity index (χ0v) is 22.3. The van der Waals surface area contributed by atoms with E-state index >= 15 is 0 Å². The Bertz CT molecular complexity index is 510. The molecule has 0 aromatic rings. The highest BCUT2D eigenvalue weighted by Crippen LogP contribution is 2.14. The van der Waals surface area contributed by atoms with Gasteiger partial charge in [-0.2, -0.15) is 0 Å². The first-order chi connectivity index (χ1) is 13.5. The molecule has 178 valence electrons. The minimum Gasteiger partial charge on any atom is -0.444 e. The molecule has 0 atom stereocenters. The van der Waals surface area contributed by atoms with Crippen molar-refractivity contribution in [1.29, 1.82) is 0 Å². The second-order valence-corrected chi connectivity index (χ2v) is 9.49. The third kappa shape index (κ3) is 14.2. The van der Waals surface area contributed by atoms with Gasteiger partial charge in [0.25, 0.3) is 0 Å². The summed E-state index contributed by atoms with van der Waals surface area (Å²) in [6, 6.07) is 0. The molecular formula is C21H44IN5O3. The largest absolute Gasteiger partial charge is 0.444 e. The maximum absolute atomic E-state index is 11.6. The van der Waals surface area contributed by atoms with Crippen molar-refractivity contribution in [2.24, 2.45) is 4.99 Å². The summed E-state index contributed by atoms with van der Waals surface area (Å²) in [6.07, 6.45) is 2.65. The quantitative estimate of drug-likeness (QED) is 0.190. The molecule has 0 aromatic carbocycles. The van der Waals surface area contributed by atoms with Crippen molar-refractivity contribution >= 4 is 36.0 Å². The summed E-state index contributed by atoms with van der Waals surface area (Å²) < 4.78 is 11.2. The van der Waals surface area contributed by atoms with Crippen LogP contribution in [0.15, 0.2) is 4.99 Å². The van der Waals surface area contributed by atoms with Gasteiger partial charge in [0.1, 0.15) is 5.60 Å². The third-order valence-electron chi connectivity index (χ3n) is 4.36. The number of hydrogen-bond donors (Lipinski definition) is 3. The van der Waals surface area contributed by atoms with E-state index < -0.39 is 5.60 Å². The second kappa shape index (κ2) is 14.3. The minimum absolute atomic E-state index is 0. The highest BCUT2D eigenvalue weighted by Gasteiger charge is 2.22. The molecule has 3 N–H and O–H groups in total. The van der Waals surface area contributed by atoms with Crippen LogP contribution in [-0.4, -0.2) is 80.6 Å². The van der Waals surface area contributed by atoms with Crippen molar-refractivity contribution in [3.63, 3.8) is 0 Å². The van der Waals surface area contributed by atoms with Crippen LogP contribution in [0.3, 0.4) is 0 Å². The van der Waals surface area contributed by atoms with E-state index in [1.54, 1.807) is 0 Å². The minimum atomic E-state index is -0.465. The summed E-state index contributed by atoms with van der Waals surface area (Å²) in [5, 5.41) is 9.67. The number of guanidine groups is 1. The van der Waals surface area contributed by atoms with Gasteiger partial charge in [-0.1, -0.05) is 0 Å². The zero-order chi connectivity index (χ0) is 21.9. The molecular weight excluding hydrogens is 497 g/mol. The molecule has 1 heterocycles. The third-order valence-corrected chi connectivity index (χ3v) is 4.36. The van der Waals surface area contributed by atoms with Gasteiger partial charge in [0.15, 0.2) is 5.96 Å². The molecule has 0 aliphatic carbocycles. The number of carbonyl (C=O) groups excluding carboxylic acids is 1. The van der Waals surface area contributed by atoms with Crippen molar-refractivity contribution in [2.75, 3.05) is 46.4 Å². The van der Waals surface area contributed by atoms with E-state index in [1.807, 2.05) is 27.8 Å². The van der Waals surface area contributed by atoms with Gasteiger partial charge in [0.05, 0.1) is 6.10 Å². The number of halogens is 1. The Hall–Kier alpha value is -0.810. The van der Waals surface area contributed by atoms with Gasteiger partial charge in [-0.3, -0.25) is 4.99 Å². The summed E-state index contributed by atoms with van der Waals surface area (Å²) in [6.45, 7) is 16.9. The Morgan fingerprint density at radius 3 is 2.20 bits per heavy atom. The van der Waals surface area contributed by atoms with Crippen LogP contribution in [0.5, 0.6) is 0 Å². The molecule has 0 bridgehead atoms. The van der Waals surface area contributed by atoms with E-state index in [9.17, 15) is 4.79 Å². The molecule has 1 aliphatic heterocycles. The average molecular weight is 542 g/mol. The number of nitrogens with zero attached hydrogens (tertiary/aromatic N) is 2. The molecule has 0 radical (unpaired) electrons. The maximum Gasteiger partial charge on any atom is 0.407 e. The van der Waals surface area contributed by atoms with Crippen molar-refractivity contribution in [3.8, 4) is 0 Å². The van der Waals surface area contributed by atoms with E-state index in [1.165, 1.54) is 0 Å². The molecule has 1 saturated heterocycles. The van der Waals surface area contributed by atoms with Gasteiger partial charge >= 0.3 is 6.09 Å². The number of likely N-dealkylation sites (tertiary alicyclic amines) is 1. The average Bonchev–Trinajstić information content (AvgIpc) is 2.60. The Balaban J connectivity index is 0.00000841. The molecule has 0 saturated carbocycles. The fourth-order valence-corrected chi connectivity index (χ4v) is 3.01. The standard InChI is InChI=1S/C21H43N5O3.HI/c1-20(2,3)25-13-12-23-18(22-7)26-14-9-17(10-15-26)28-16-8-11-24-19(27)29-21(4,5)6;/h17,25H,8-16H2,1-7H3,(H,22,23)(H,24,27);1H. The van der Waals surface area contributed by atoms with Crippen LogP contribution in [0.25, 0.3) is 0 Å². The van der Waals surface area contributed by atoms with Gasteiger partial charge in [-0.05, 0) is 60.8 Å². The Morgan fingerprint density at radius 2 is 1.67 bits per heavy atom. The smallest absolute Gasteiger partial charge is 0.407 e. The lowest BCUT2D eigenvalue weighted by Crippen LogP contribution is -2.49. The second-order valence-electron chi connectivity index (χ2n) is 9.49. The maximum atomic E-state index is 11.6. The number of piperidine rings is 1. The summed E-state index contributed by atoms with van der Waals surface area (Å²) in [4.78, 5) is 18.3. The van der Waals surface area contributed by atoms with Gasteiger partial charge in [-0.25, -0.2) is 4.79 Å². The van der Waals surface area contributed by atoms with E-state index in [4.69, 9.17) is 9.47 Å². The monoisotopic (exact) mass is 541 g/mol. The first-order valence-electron chi connectivity index (χ1n) is 10.8. The molecule has 1 amide bonds. The highest BCUT2D eigenvalue weighted by atomic mass is 127. The molecule has 0 unspecified atom stereocenters. The van der Waals surface area contributed by atoms with Crippen LogP contribution in [0.4, 0.5) is 4.79 Å². The number of nitrogens with one attached hydrogen (secondary N) is 3. The number of amides is 1. The van der Waals surface area contributed by atoms with E-state index in [0.717, 1.165) is 51.4 Å². The predicted molar refractivity (Wildman–Crippen MR) is 134 cm³/mol. The van der Waals surface area contributed by atoms with Gasteiger partial charge in [0, 0.05) is 51.9 Å². The first kappa shape index (κ1) is 29.2. The molecule has 0 spiro atoms. The van der Waals surface area contributed by atoms with E-state index in [2.05, 4.69) is 46.6 Å². The first-order valence-corrected chi connectivity index (χ1v) is 10.8. The zero-order valence-electron chi connectivity index (χ0n) is 20.0.